The minimum atomic E-state index is -3.50. The quantitative estimate of drug-likeness (QED) is 0.264. The van der Waals surface area contributed by atoms with Crippen molar-refractivity contribution >= 4 is 33.6 Å². The third-order valence-corrected chi connectivity index (χ3v) is 7.71. The first kappa shape index (κ1) is 23.1. The van der Waals surface area contributed by atoms with Gasteiger partial charge in [-0.3, -0.25) is 10.1 Å². The van der Waals surface area contributed by atoms with Crippen LogP contribution in [-0.2, 0) is 19.6 Å². The number of allylic oxidation sites excluding steroid dienone is 3. The minimum absolute atomic E-state index is 0.0139. The maximum absolute atomic E-state index is 12.5. The van der Waals surface area contributed by atoms with E-state index in [2.05, 4.69) is 10.0 Å². The molecule has 0 aromatic rings. The van der Waals surface area contributed by atoms with Gasteiger partial charge in [-0.1, -0.05) is 18.6 Å². The molecule has 0 radical (unpaired) electrons. The zero-order valence-electron chi connectivity index (χ0n) is 17.2. The van der Waals surface area contributed by atoms with E-state index in [-0.39, 0.29) is 24.2 Å². The van der Waals surface area contributed by atoms with Gasteiger partial charge in [-0.2, -0.15) is 0 Å². The van der Waals surface area contributed by atoms with Crippen LogP contribution in [-0.4, -0.2) is 61.6 Å². The molecule has 8 nitrogen and oxygen atoms in total. The van der Waals surface area contributed by atoms with Crippen LogP contribution in [0.4, 0.5) is 4.79 Å². The number of unbranched alkanes of at least 4 members (excludes halogenated alkanes) is 2. The smallest absolute Gasteiger partial charge is 0.324 e. The molecule has 3 amide bonds. The predicted octanol–water partition coefficient (Wildman–Crippen LogP) is 2.26. The molecule has 0 bridgehead atoms. The van der Waals surface area contributed by atoms with E-state index < -0.39 is 20.9 Å². The molecule has 2 N–H and O–H groups in total. The second kappa shape index (κ2) is 9.70. The van der Waals surface area contributed by atoms with Gasteiger partial charge in [-0.15, -0.1) is 11.6 Å². The molecule has 168 valence electrons. The molecule has 30 heavy (non-hydrogen) atoms. The van der Waals surface area contributed by atoms with Crippen LogP contribution in [0, 0.1) is 5.92 Å². The van der Waals surface area contributed by atoms with Crippen LogP contribution in [0.5, 0.6) is 0 Å². The van der Waals surface area contributed by atoms with Crippen LogP contribution in [0.3, 0.4) is 0 Å². The number of hydrogen-bond donors (Lipinski definition) is 2. The summed E-state index contributed by atoms with van der Waals surface area (Å²) in [7, 11) is -3.50. The Bertz CT molecular complexity index is 824. The summed E-state index contributed by atoms with van der Waals surface area (Å²) < 4.78 is 33.5. The molecule has 1 aliphatic heterocycles. The normalized spacial score (nSPS) is 25.3. The molecule has 2 aliphatic carbocycles. The van der Waals surface area contributed by atoms with Gasteiger partial charge in [-0.05, 0) is 44.6 Å². The summed E-state index contributed by atoms with van der Waals surface area (Å²) in [4.78, 5) is 23.2. The van der Waals surface area contributed by atoms with Gasteiger partial charge in [0.1, 0.15) is 6.54 Å². The zero-order valence-corrected chi connectivity index (χ0v) is 18.8. The average Bonchev–Trinajstić information content (AvgIpc) is 3.43. The molecule has 0 aromatic carbocycles. The Kier molecular flexibility index (Phi) is 7.47. The van der Waals surface area contributed by atoms with Crippen molar-refractivity contribution in [1.29, 1.82) is 0 Å². The number of carbonyl (C=O) groups excluding carboxylic acids is 2. The average molecular weight is 460 g/mol. The third-order valence-electron chi connectivity index (χ3n) is 5.59. The predicted molar refractivity (Wildman–Crippen MR) is 114 cm³/mol. The van der Waals surface area contributed by atoms with E-state index >= 15 is 0 Å². The molecule has 1 heterocycles. The van der Waals surface area contributed by atoms with Crippen molar-refractivity contribution in [2.75, 3.05) is 25.4 Å². The summed E-state index contributed by atoms with van der Waals surface area (Å²) in [5, 5.41) is 2.22. The lowest BCUT2D eigenvalue weighted by Crippen LogP contribution is -2.47. The van der Waals surface area contributed by atoms with E-state index in [1.165, 1.54) is 17.7 Å². The highest BCUT2D eigenvalue weighted by molar-refractivity contribution is 7.89. The molecule has 0 spiro atoms. The van der Waals surface area contributed by atoms with Crippen LogP contribution in [0.2, 0.25) is 0 Å². The van der Waals surface area contributed by atoms with E-state index in [0.717, 1.165) is 5.76 Å². The number of rotatable bonds is 12. The summed E-state index contributed by atoms with van der Waals surface area (Å²) in [5.74, 6) is 1.11. The maximum atomic E-state index is 12.5. The van der Waals surface area contributed by atoms with Crippen molar-refractivity contribution in [2.24, 2.45) is 5.92 Å². The second-order valence-corrected chi connectivity index (χ2v) is 10.9. The molecule has 10 heteroatoms. The molecular formula is C20H30ClN3O5S. The van der Waals surface area contributed by atoms with Crippen molar-refractivity contribution in [3.8, 4) is 0 Å². The van der Waals surface area contributed by atoms with Gasteiger partial charge in [0.2, 0.25) is 15.9 Å². The van der Waals surface area contributed by atoms with Crippen molar-refractivity contribution in [3.05, 3.63) is 24.0 Å². The van der Waals surface area contributed by atoms with Gasteiger partial charge in [0, 0.05) is 19.0 Å². The summed E-state index contributed by atoms with van der Waals surface area (Å²) in [5.41, 5.74) is 0. The Balaban J connectivity index is 1.38. The Hall–Kier alpha value is -1.58. The van der Waals surface area contributed by atoms with Crippen molar-refractivity contribution < 1.29 is 22.7 Å². The number of carbonyl (C=O) groups is 2. The number of urea groups is 1. The van der Waals surface area contributed by atoms with Gasteiger partial charge in [-0.25, -0.2) is 17.9 Å². The van der Waals surface area contributed by atoms with E-state index in [0.29, 0.717) is 44.8 Å². The largest absolute Gasteiger partial charge is 0.498 e. The van der Waals surface area contributed by atoms with Gasteiger partial charge >= 0.3 is 6.03 Å². The van der Waals surface area contributed by atoms with Gasteiger partial charge < -0.3 is 9.64 Å². The first-order chi connectivity index (χ1) is 14.2. The standard InChI is InChI=1S/C20H30ClN3O5S/c1-15(20(21)9-5-6-17(12-20)29-14-16-7-8-16)23-30(27,28)11-4-2-3-10-24-13-18(25)22-19(24)26/h5-6,9,15-16,23H,2-4,7-8,10-14H2,1H3,(H,22,25,26)/t15-,20?/m0/s1. The highest BCUT2D eigenvalue weighted by Crippen LogP contribution is 2.36. The number of nitrogens with one attached hydrogen (secondary N) is 2. The van der Waals surface area contributed by atoms with Crippen molar-refractivity contribution in [1.82, 2.24) is 14.9 Å². The number of nitrogens with zero attached hydrogens (tertiary/aromatic N) is 1. The minimum Gasteiger partial charge on any atom is -0.498 e. The fourth-order valence-electron chi connectivity index (χ4n) is 3.47. The van der Waals surface area contributed by atoms with Gasteiger partial charge in [0.15, 0.2) is 0 Å². The third kappa shape index (κ3) is 6.72. The molecule has 2 atom stereocenters. The lowest BCUT2D eigenvalue weighted by atomic mass is 9.92. The number of ether oxygens (including phenoxy) is 1. The lowest BCUT2D eigenvalue weighted by molar-refractivity contribution is -0.118. The zero-order chi connectivity index (χ0) is 21.8. The molecule has 0 aromatic heterocycles. The van der Waals surface area contributed by atoms with E-state index in [4.69, 9.17) is 16.3 Å². The van der Waals surface area contributed by atoms with Gasteiger partial charge in [0.05, 0.1) is 23.0 Å². The van der Waals surface area contributed by atoms with E-state index in [1.807, 2.05) is 18.2 Å². The Morgan fingerprint density at radius 1 is 1.33 bits per heavy atom. The molecule has 1 unspecified atom stereocenters. The van der Waals surface area contributed by atoms with Crippen molar-refractivity contribution in [2.45, 2.75) is 56.4 Å². The van der Waals surface area contributed by atoms with E-state index in [1.54, 1.807) is 6.92 Å². The monoisotopic (exact) mass is 459 g/mol. The topological polar surface area (TPSA) is 105 Å². The number of amides is 3. The Morgan fingerprint density at radius 2 is 2.10 bits per heavy atom. The molecule has 3 rings (SSSR count). The number of alkyl halides is 1. The summed E-state index contributed by atoms with van der Waals surface area (Å²) >= 11 is 6.73. The van der Waals surface area contributed by atoms with Crippen molar-refractivity contribution in [3.63, 3.8) is 0 Å². The van der Waals surface area contributed by atoms with Crippen LogP contribution in [0.15, 0.2) is 24.0 Å². The Labute approximate surface area is 183 Å². The van der Waals surface area contributed by atoms with Crippen LogP contribution >= 0.6 is 11.6 Å². The number of sulfonamides is 1. The number of hydrogen-bond acceptors (Lipinski definition) is 5. The maximum Gasteiger partial charge on any atom is 0.324 e. The van der Waals surface area contributed by atoms with Crippen LogP contribution < -0.4 is 10.0 Å². The molecular weight excluding hydrogens is 430 g/mol. The highest BCUT2D eigenvalue weighted by atomic mass is 35.5. The molecule has 1 saturated heterocycles. The summed E-state index contributed by atoms with van der Waals surface area (Å²) in [6.07, 6.45) is 10.1. The van der Waals surface area contributed by atoms with E-state index in [9.17, 15) is 18.0 Å². The number of halogens is 1. The molecule has 3 aliphatic rings. The first-order valence-electron chi connectivity index (χ1n) is 10.5. The second-order valence-electron chi connectivity index (χ2n) is 8.34. The highest BCUT2D eigenvalue weighted by Gasteiger charge is 2.37. The lowest BCUT2D eigenvalue weighted by Gasteiger charge is -2.33. The number of imide groups is 1. The molecule has 2 fully saturated rings. The van der Waals surface area contributed by atoms with Gasteiger partial charge in [0.25, 0.3) is 0 Å². The fourth-order valence-corrected chi connectivity index (χ4v) is 5.24. The first-order valence-corrected chi connectivity index (χ1v) is 12.5. The SMILES string of the molecule is C[C@H](NS(=O)(=O)CCCCCN1CC(=O)NC1=O)C1(Cl)C=CC=C(OCC2CC2)C1. The van der Waals surface area contributed by atoms with Crippen LogP contribution in [0.25, 0.3) is 0 Å². The summed E-state index contributed by atoms with van der Waals surface area (Å²) in [6, 6.07) is -0.876. The molecule has 1 saturated carbocycles. The fraction of sp³-hybridized carbons (Fsp3) is 0.700. The Morgan fingerprint density at radius 3 is 2.77 bits per heavy atom. The van der Waals surface area contributed by atoms with Crippen LogP contribution in [0.1, 0.15) is 45.4 Å². The summed E-state index contributed by atoms with van der Waals surface area (Å²) in [6.45, 7) is 2.97.